The maximum absolute atomic E-state index is 3.45. The zero-order chi connectivity index (χ0) is 8.23. The molecular formula is C10H18N2. The highest BCUT2D eigenvalue weighted by molar-refractivity contribution is 4.97. The number of nitrogens with one attached hydrogen (secondary N) is 1. The molecule has 2 aliphatic heterocycles. The Balaban J connectivity index is 1.84. The molecule has 0 aromatic rings. The monoisotopic (exact) mass is 166 g/mol. The minimum atomic E-state index is 0.843. The van der Waals surface area contributed by atoms with Crippen LogP contribution in [0.3, 0.4) is 0 Å². The van der Waals surface area contributed by atoms with Crippen molar-refractivity contribution in [3.05, 3.63) is 12.2 Å². The molecule has 0 spiro atoms. The molecule has 2 heteroatoms. The second kappa shape index (κ2) is 4.06. The van der Waals surface area contributed by atoms with Gasteiger partial charge in [-0.15, -0.1) is 0 Å². The number of rotatable bonds is 1. The molecule has 1 fully saturated rings. The van der Waals surface area contributed by atoms with Gasteiger partial charge in [-0.25, -0.2) is 0 Å². The molecule has 1 atom stereocenters. The average molecular weight is 166 g/mol. The van der Waals surface area contributed by atoms with Gasteiger partial charge in [-0.05, 0) is 32.4 Å². The Bertz CT molecular complexity index is 149. The molecule has 68 valence electrons. The van der Waals surface area contributed by atoms with E-state index in [1.54, 1.807) is 0 Å². The Morgan fingerprint density at radius 3 is 2.75 bits per heavy atom. The first-order chi connectivity index (χ1) is 5.97. The second-order valence-electron chi connectivity index (χ2n) is 3.76. The zero-order valence-corrected chi connectivity index (χ0v) is 7.63. The van der Waals surface area contributed by atoms with Gasteiger partial charge in [-0.2, -0.15) is 0 Å². The molecule has 0 radical (unpaired) electrons. The predicted molar refractivity (Wildman–Crippen MR) is 51.2 cm³/mol. The first-order valence-corrected chi connectivity index (χ1v) is 5.06. The quantitative estimate of drug-likeness (QED) is 0.585. The van der Waals surface area contributed by atoms with Crippen LogP contribution in [-0.4, -0.2) is 37.1 Å². The van der Waals surface area contributed by atoms with Crippen LogP contribution in [0.15, 0.2) is 12.2 Å². The van der Waals surface area contributed by atoms with Gasteiger partial charge in [0.1, 0.15) is 0 Å². The summed E-state index contributed by atoms with van der Waals surface area (Å²) in [6.07, 6.45) is 8.65. The molecule has 0 bridgehead atoms. The van der Waals surface area contributed by atoms with Crippen LogP contribution in [0.5, 0.6) is 0 Å². The molecule has 2 rings (SSSR count). The molecular weight excluding hydrogens is 148 g/mol. The summed E-state index contributed by atoms with van der Waals surface area (Å²) < 4.78 is 0. The van der Waals surface area contributed by atoms with Gasteiger partial charge >= 0.3 is 0 Å². The fraction of sp³-hybridized carbons (Fsp3) is 0.800. The molecule has 12 heavy (non-hydrogen) atoms. The average Bonchev–Trinajstić information content (AvgIpc) is 2.48. The largest absolute Gasteiger partial charge is 0.317 e. The van der Waals surface area contributed by atoms with Crippen molar-refractivity contribution >= 4 is 0 Å². The van der Waals surface area contributed by atoms with E-state index in [9.17, 15) is 0 Å². The molecule has 0 aromatic heterocycles. The van der Waals surface area contributed by atoms with Crippen molar-refractivity contribution in [1.82, 2.24) is 10.2 Å². The number of nitrogens with zero attached hydrogens (tertiary/aromatic N) is 1. The first-order valence-electron chi connectivity index (χ1n) is 5.06. The third kappa shape index (κ3) is 1.87. The number of hydrogen-bond acceptors (Lipinski definition) is 2. The number of hydrogen-bond donors (Lipinski definition) is 1. The van der Waals surface area contributed by atoms with Crippen LogP contribution >= 0.6 is 0 Å². The van der Waals surface area contributed by atoms with Crippen molar-refractivity contribution in [3.63, 3.8) is 0 Å². The molecule has 0 aliphatic carbocycles. The van der Waals surface area contributed by atoms with Crippen molar-refractivity contribution in [2.24, 2.45) is 0 Å². The van der Waals surface area contributed by atoms with Gasteiger partial charge in [0.15, 0.2) is 0 Å². The third-order valence-electron chi connectivity index (χ3n) is 2.91. The van der Waals surface area contributed by atoms with Crippen LogP contribution in [0, 0.1) is 0 Å². The smallest absolute Gasteiger partial charge is 0.0169 e. The van der Waals surface area contributed by atoms with E-state index < -0.39 is 0 Å². The van der Waals surface area contributed by atoms with Gasteiger partial charge in [0.25, 0.3) is 0 Å². The van der Waals surface area contributed by atoms with Crippen LogP contribution < -0.4 is 5.32 Å². The van der Waals surface area contributed by atoms with E-state index in [-0.39, 0.29) is 0 Å². The first kappa shape index (κ1) is 8.27. The lowest BCUT2D eigenvalue weighted by Crippen LogP contribution is -2.33. The summed E-state index contributed by atoms with van der Waals surface area (Å²) in [6, 6.07) is 0.843. The van der Waals surface area contributed by atoms with Crippen LogP contribution in [0.1, 0.15) is 19.3 Å². The summed E-state index contributed by atoms with van der Waals surface area (Å²) in [4.78, 5) is 2.59. The summed E-state index contributed by atoms with van der Waals surface area (Å²) in [6.45, 7) is 4.80. The molecule has 1 unspecified atom stereocenters. The Morgan fingerprint density at radius 1 is 1.08 bits per heavy atom. The summed E-state index contributed by atoms with van der Waals surface area (Å²) >= 11 is 0. The van der Waals surface area contributed by atoms with Crippen molar-refractivity contribution < 1.29 is 0 Å². The highest BCUT2D eigenvalue weighted by Crippen LogP contribution is 2.15. The van der Waals surface area contributed by atoms with Gasteiger partial charge in [-0.3, -0.25) is 4.90 Å². The van der Waals surface area contributed by atoms with Crippen molar-refractivity contribution in [2.75, 3.05) is 26.2 Å². The van der Waals surface area contributed by atoms with E-state index in [1.165, 1.54) is 45.4 Å². The summed E-state index contributed by atoms with van der Waals surface area (Å²) in [5.74, 6) is 0. The topological polar surface area (TPSA) is 15.3 Å². The van der Waals surface area contributed by atoms with E-state index >= 15 is 0 Å². The minimum Gasteiger partial charge on any atom is -0.317 e. The highest BCUT2D eigenvalue weighted by atomic mass is 15.2. The van der Waals surface area contributed by atoms with Gasteiger partial charge < -0.3 is 5.32 Å². The van der Waals surface area contributed by atoms with Crippen molar-refractivity contribution in [1.29, 1.82) is 0 Å². The van der Waals surface area contributed by atoms with E-state index in [2.05, 4.69) is 22.4 Å². The SMILES string of the molecule is C1=CCN(C2CCCNCC2)C1. The lowest BCUT2D eigenvalue weighted by atomic mass is 10.1. The Hall–Kier alpha value is -0.340. The highest BCUT2D eigenvalue weighted by Gasteiger charge is 2.19. The Morgan fingerprint density at radius 2 is 1.92 bits per heavy atom. The maximum Gasteiger partial charge on any atom is 0.0169 e. The predicted octanol–water partition coefficient (Wildman–Crippen LogP) is 1.00. The molecule has 0 amide bonds. The Labute approximate surface area is 74.6 Å². The molecule has 1 N–H and O–H groups in total. The van der Waals surface area contributed by atoms with Gasteiger partial charge in [0.2, 0.25) is 0 Å². The fourth-order valence-corrected chi connectivity index (χ4v) is 2.16. The summed E-state index contributed by atoms with van der Waals surface area (Å²) in [5, 5.41) is 3.45. The van der Waals surface area contributed by atoms with E-state index in [0.717, 1.165) is 6.04 Å². The van der Waals surface area contributed by atoms with E-state index in [1.807, 2.05) is 0 Å². The van der Waals surface area contributed by atoms with Gasteiger partial charge in [-0.1, -0.05) is 12.2 Å². The summed E-state index contributed by atoms with van der Waals surface area (Å²) in [7, 11) is 0. The normalized spacial score (nSPS) is 32.2. The summed E-state index contributed by atoms with van der Waals surface area (Å²) in [5.41, 5.74) is 0. The molecule has 2 nitrogen and oxygen atoms in total. The lowest BCUT2D eigenvalue weighted by Gasteiger charge is -2.25. The van der Waals surface area contributed by atoms with Crippen LogP contribution in [0.25, 0.3) is 0 Å². The maximum atomic E-state index is 3.45. The molecule has 1 saturated heterocycles. The molecule has 2 aliphatic rings. The molecule has 0 saturated carbocycles. The van der Waals surface area contributed by atoms with Crippen molar-refractivity contribution in [3.8, 4) is 0 Å². The molecule has 0 aromatic carbocycles. The second-order valence-corrected chi connectivity index (χ2v) is 3.76. The lowest BCUT2D eigenvalue weighted by molar-refractivity contribution is 0.234. The van der Waals surface area contributed by atoms with Gasteiger partial charge in [0.05, 0.1) is 0 Å². The van der Waals surface area contributed by atoms with Crippen LogP contribution in [0.4, 0.5) is 0 Å². The fourth-order valence-electron chi connectivity index (χ4n) is 2.16. The third-order valence-corrected chi connectivity index (χ3v) is 2.91. The van der Waals surface area contributed by atoms with Crippen molar-refractivity contribution in [2.45, 2.75) is 25.3 Å². The zero-order valence-electron chi connectivity index (χ0n) is 7.63. The van der Waals surface area contributed by atoms with E-state index in [4.69, 9.17) is 0 Å². The van der Waals surface area contributed by atoms with Gasteiger partial charge in [0, 0.05) is 19.1 Å². The Kier molecular flexibility index (Phi) is 2.79. The van der Waals surface area contributed by atoms with Crippen LogP contribution in [-0.2, 0) is 0 Å². The van der Waals surface area contributed by atoms with Crippen LogP contribution in [0.2, 0.25) is 0 Å². The molecule has 2 heterocycles. The minimum absolute atomic E-state index is 0.843. The van der Waals surface area contributed by atoms with E-state index in [0.29, 0.717) is 0 Å². The standard InChI is InChI=1S/C10H18N2/c1-2-9-12(8-1)10-4-3-6-11-7-5-10/h1-2,10-11H,3-9H2.